The number of hydrogen-bond donors (Lipinski definition) is 1. The van der Waals surface area contributed by atoms with Crippen LogP contribution in [-0.2, 0) is 6.54 Å². The lowest BCUT2D eigenvalue weighted by Crippen LogP contribution is -2.33. The van der Waals surface area contributed by atoms with E-state index in [4.69, 9.17) is 5.73 Å². The molecule has 0 radical (unpaired) electrons. The predicted octanol–water partition coefficient (Wildman–Crippen LogP) is 3.17. The molecule has 1 aromatic rings. The second-order valence-corrected chi connectivity index (χ2v) is 5.06. The molecule has 2 rings (SSSR count). The van der Waals surface area contributed by atoms with E-state index in [2.05, 4.69) is 11.9 Å². The van der Waals surface area contributed by atoms with Gasteiger partial charge < -0.3 is 5.73 Å². The molecule has 0 heterocycles. The van der Waals surface area contributed by atoms with Crippen LogP contribution in [-0.4, -0.2) is 18.0 Å². The summed E-state index contributed by atoms with van der Waals surface area (Å²) in [5, 5.41) is 0. The second kappa shape index (κ2) is 5.50. The number of rotatable bonds is 3. The maximum Gasteiger partial charge on any atom is 0.129 e. The molecule has 0 amide bonds. The zero-order valence-electron chi connectivity index (χ0n) is 10.5. The van der Waals surface area contributed by atoms with Crippen LogP contribution in [0.25, 0.3) is 0 Å². The van der Waals surface area contributed by atoms with Crippen LogP contribution in [0.2, 0.25) is 0 Å². The third kappa shape index (κ3) is 3.19. The first kappa shape index (κ1) is 12.4. The van der Waals surface area contributed by atoms with Gasteiger partial charge in [-0.2, -0.15) is 0 Å². The molecule has 0 bridgehead atoms. The number of nitrogens with zero attached hydrogens (tertiary/aromatic N) is 1. The van der Waals surface area contributed by atoms with E-state index in [1.165, 1.54) is 38.2 Å². The van der Waals surface area contributed by atoms with Gasteiger partial charge in [-0.3, -0.25) is 4.90 Å². The molecule has 2 nitrogen and oxygen atoms in total. The van der Waals surface area contributed by atoms with Gasteiger partial charge in [-0.1, -0.05) is 25.3 Å². The van der Waals surface area contributed by atoms with Crippen LogP contribution >= 0.6 is 0 Å². The Labute approximate surface area is 103 Å². The lowest BCUT2D eigenvalue weighted by atomic mass is 9.94. The number of nitrogens with two attached hydrogens (primary N) is 1. The molecule has 1 aliphatic rings. The molecule has 0 spiro atoms. The highest BCUT2D eigenvalue weighted by Crippen LogP contribution is 2.23. The number of anilines is 1. The van der Waals surface area contributed by atoms with Crippen molar-refractivity contribution in [1.29, 1.82) is 0 Å². The van der Waals surface area contributed by atoms with Gasteiger partial charge >= 0.3 is 0 Å². The Morgan fingerprint density at radius 2 is 2.00 bits per heavy atom. The normalized spacial score (nSPS) is 17.6. The quantitative estimate of drug-likeness (QED) is 0.817. The Bertz CT molecular complexity index is 372. The van der Waals surface area contributed by atoms with E-state index >= 15 is 0 Å². The molecule has 1 aromatic carbocycles. The van der Waals surface area contributed by atoms with Gasteiger partial charge in [0.25, 0.3) is 0 Å². The first-order valence-electron chi connectivity index (χ1n) is 6.41. The van der Waals surface area contributed by atoms with Gasteiger partial charge in [-0.15, -0.1) is 0 Å². The highest BCUT2D eigenvalue weighted by Gasteiger charge is 2.18. The number of benzene rings is 1. The van der Waals surface area contributed by atoms with Crippen molar-refractivity contribution in [3.8, 4) is 0 Å². The summed E-state index contributed by atoms with van der Waals surface area (Å²) in [6, 6.07) is 5.59. The summed E-state index contributed by atoms with van der Waals surface area (Å²) in [7, 11) is 2.09. The molecule has 0 saturated heterocycles. The van der Waals surface area contributed by atoms with Crippen molar-refractivity contribution < 1.29 is 4.39 Å². The number of nitrogen functional groups attached to an aromatic ring is 1. The Hall–Kier alpha value is -1.09. The maximum absolute atomic E-state index is 13.7. The van der Waals surface area contributed by atoms with E-state index in [-0.39, 0.29) is 5.82 Å². The molecular formula is C14H21FN2. The van der Waals surface area contributed by atoms with Gasteiger partial charge in [0.1, 0.15) is 5.82 Å². The van der Waals surface area contributed by atoms with Gasteiger partial charge in [0, 0.05) is 23.8 Å². The number of halogens is 1. The Morgan fingerprint density at radius 3 is 2.65 bits per heavy atom. The van der Waals surface area contributed by atoms with Crippen molar-refractivity contribution in [2.24, 2.45) is 0 Å². The fraction of sp³-hybridized carbons (Fsp3) is 0.571. The molecule has 94 valence electrons. The molecule has 0 aromatic heterocycles. The van der Waals surface area contributed by atoms with Crippen LogP contribution in [0, 0.1) is 5.82 Å². The van der Waals surface area contributed by atoms with Crippen molar-refractivity contribution >= 4 is 5.69 Å². The molecule has 3 heteroatoms. The molecule has 1 fully saturated rings. The Morgan fingerprint density at radius 1 is 1.29 bits per heavy atom. The summed E-state index contributed by atoms with van der Waals surface area (Å²) >= 11 is 0. The third-order valence-corrected chi connectivity index (χ3v) is 3.69. The van der Waals surface area contributed by atoms with Crippen molar-refractivity contribution in [2.75, 3.05) is 12.8 Å². The van der Waals surface area contributed by atoms with Crippen molar-refractivity contribution in [3.63, 3.8) is 0 Å². The molecule has 2 N–H and O–H groups in total. The molecule has 0 unspecified atom stereocenters. The van der Waals surface area contributed by atoms with Crippen molar-refractivity contribution in [3.05, 3.63) is 29.6 Å². The maximum atomic E-state index is 13.7. The Kier molecular flexibility index (Phi) is 4.00. The van der Waals surface area contributed by atoms with Crippen LogP contribution in [0.5, 0.6) is 0 Å². The predicted molar refractivity (Wildman–Crippen MR) is 69.2 cm³/mol. The van der Waals surface area contributed by atoms with E-state index in [1.807, 2.05) is 0 Å². The van der Waals surface area contributed by atoms with Crippen molar-refractivity contribution in [1.82, 2.24) is 4.90 Å². The van der Waals surface area contributed by atoms with Gasteiger partial charge in [-0.05, 0) is 32.0 Å². The highest BCUT2D eigenvalue weighted by atomic mass is 19.1. The minimum absolute atomic E-state index is 0.187. The summed E-state index contributed by atoms with van der Waals surface area (Å²) in [4.78, 5) is 2.27. The van der Waals surface area contributed by atoms with Crippen LogP contribution < -0.4 is 5.73 Å². The minimum atomic E-state index is -0.187. The van der Waals surface area contributed by atoms with Gasteiger partial charge in [-0.25, -0.2) is 4.39 Å². The van der Waals surface area contributed by atoms with E-state index in [0.717, 1.165) is 5.56 Å². The fourth-order valence-electron chi connectivity index (χ4n) is 2.61. The zero-order valence-corrected chi connectivity index (χ0v) is 10.5. The molecule has 0 aliphatic heterocycles. The smallest absolute Gasteiger partial charge is 0.129 e. The summed E-state index contributed by atoms with van der Waals surface area (Å²) in [6.07, 6.45) is 6.44. The van der Waals surface area contributed by atoms with Crippen LogP contribution in [0.15, 0.2) is 18.2 Å². The van der Waals surface area contributed by atoms with Crippen LogP contribution in [0.4, 0.5) is 10.1 Å². The fourth-order valence-corrected chi connectivity index (χ4v) is 2.61. The van der Waals surface area contributed by atoms with Crippen LogP contribution in [0.1, 0.15) is 37.7 Å². The summed E-state index contributed by atoms with van der Waals surface area (Å²) in [6.45, 7) is 0.677. The summed E-state index contributed by atoms with van der Waals surface area (Å²) < 4.78 is 13.7. The molecule has 1 saturated carbocycles. The molecular weight excluding hydrogens is 215 g/mol. The first-order valence-corrected chi connectivity index (χ1v) is 6.41. The average molecular weight is 236 g/mol. The zero-order chi connectivity index (χ0) is 12.3. The number of hydrogen-bond acceptors (Lipinski definition) is 2. The monoisotopic (exact) mass is 236 g/mol. The van der Waals surface area contributed by atoms with Crippen LogP contribution in [0.3, 0.4) is 0 Å². The minimum Gasteiger partial charge on any atom is -0.399 e. The lowest BCUT2D eigenvalue weighted by molar-refractivity contribution is 0.182. The summed E-state index contributed by atoms with van der Waals surface area (Å²) in [5.41, 5.74) is 6.78. The SMILES string of the molecule is CN(Cc1ccc(N)cc1F)C1CCCCC1. The Balaban J connectivity index is 1.99. The standard InChI is InChI=1S/C14H21FN2/c1-17(13-5-3-2-4-6-13)10-11-7-8-12(16)9-14(11)15/h7-9,13H,2-6,10,16H2,1H3. The third-order valence-electron chi connectivity index (χ3n) is 3.69. The molecule has 17 heavy (non-hydrogen) atoms. The topological polar surface area (TPSA) is 29.3 Å². The van der Waals surface area contributed by atoms with Gasteiger partial charge in [0.2, 0.25) is 0 Å². The van der Waals surface area contributed by atoms with Crippen molar-refractivity contribution in [2.45, 2.75) is 44.7 Å². The van der Waals surface area contributed by atoms with E-state index in [1.54, 1.807) is 12.1 Å². The van der Waals surface area contributed by atoms with E-state index in [9.17, 15) is 4.39 Å². The molecule has 0 atom stereocenters. The van der Waals surface area contributed by atoms with E-state index in [0.29, 0.717) is 18.3 Å². The first-order chi connectivity index (χ1) is 8.16. The average Bonchev–Trinajstić information content (AvgIpc) is 2.34. The second-order valence-electron chi connectivity index (χ2n) is 5.06. The van der Waals surface area contributed by atoms with Gasteiger partial charge in [0.15, 0.2) is 0 Å². The van der Waals surface area contributed by atoms with Gasteiger partial charge in [0.05, 0.1) is 0 Å². The summed E-state index contributed by atoms with van der Waals surface area (Å²) in [5.74, 6) is -0.187. The van der Waals surface area contributed by atoms with E-state index < -0.39 is 0 Å². The lowest BCUT2D eigenvalue weighted by Gasteiger charge is -2.31. The molecule has 1 aliphatic carbocycles. The largest absolute Gasteiger partial charge is 0.399 e. The highest BCUT2D eigenvalue weighted by molar-refractivity contribution is 5.40.